The second-order valence-corrected chi connectivity index (χ2v) is 7.03. The molecule has 0 aliphatic carbocycles. The van der Waals surface area contributed by atoms with Gasteiger partial charge in [-0.25, -0.2) is 0 Å². The van der Waals surface area contributed by atoms with Crippen molar-refractivity contribution >= 4 is 18.1 Å². The molecule has 0 heterocycles. The van der Waals surface area contributed by atoms with E-state index in [2.05, 4.69) is 21.3 Å². The van der Waals surface area contributed by atoms with Gasteiger partial charge in [0.1, 0.15) is 12.3 Å². The highest BCUT2D eigenvalue weighted by Crippen LogP contribution is 2.05. The van der Waals surface area contributed by atoms with Crippen LogP contribution in [0, 0.1) is 5.92 Å². The van der Waals surface area contributed by atoms with Crippen LogP contribution in [0.2, 0.25) is 0 Å². The van der Waals surface area contributed by atoms with E-state index < -0.39 is 18.1 Å². The maximum Gasteiger partial charge on any atom is 0.244 e. The highest BCUT2D eigenvalue weighted by Gasteiger charge is 2.26. The van der Waals surface area contributed by atoms with Gasteiger partial charge in [0.15, 0.2) is 0 Å². The van der Waals surface area contributed by atoms with E-state index in [1.54, 1.807) is 14.1 Å². The first-order valence-electron chi connectivity index (χ1n) is 9.33. The standard InChI is InChI=1S/C20H32N4O3/c1-14(2)10-16(13-25)23-20(27)18(12-21-3)24-19(26)17(22-4)11-15-8-6-5-7-9-15/h5-9,13-14,16-18,21-22H,10-12H2,1-4H3,(H,23,27)(H,24,26). The minimum Gasteiger partial charge on any atom is -0.345 e. The third-order valence-corrected chi connectivity index (χ3v) is 4.21. The third kappa shape index (κ3) is 8.32. The van der Waals surface area contributed by atoms with Crippen molar-refractivity contribution in [3.05, 3.63) is 35.9 Å². The van der Waals surface area contributed by atoms with E-state index in [0.717, 1.165) is 11.8 Å². The summed E-state index contributed by atoms with van der Waals surface area (Å²) in [4.78, 5) is 36.4. The molecule has 1 aromatic carbocycles. The molecular weight excluding hydrogens is 344 g/mol. The van der Waals surface area contributed by atoms with Gasteiger partial charge in [0.05, 0.1) is 12.1 Å². The van der Waals surface area contributed by atoms with Crippen LogP contribution in [0.5, 0.6) is 0 Å². The number of nitrogens with one attached hydrogen (secondary N) is 4. The summed E-state index contributed by atoms with van der Waals surface area (Å²) in [6.45, 7) is 4.24. The Morgan fingerprint density at radius 3 is 2.15 bits per heavy atom. The summed E-state index contributed by atoms with van der Waals surface area (Å²) in [7, 11) is 3.42. The molecule has 3 unspecified atom stereocenters. The van der Waals surface area contributed by atoms with Crippen molar-refractivity contribution in [2.45, 2.75) is 44.8 Å². The molecule has 0 spiro atoms. The monoisotopic (exact) mass is 376 g/mol. The molecule has 0 radical (unpaired) electrons. The van der Waals surface area contributed by atoms with Crippen molar-refractivity contribution in [2.24, 2.45) is 5.92 Å². The van der Waals surface area contributed by atoms with Gasteiger partial charge in [0.2, 0.25) is 11.8 Å². The van der Waals surface area contributed by atoms with Crippen molar-refractivity contribution < 1.29 is 14.4 Å². The maximum absolute atomic E-state index is 12.7. The van der Waals surface area contributed by atoms with Gasteiger partial charge in [-0.05, 0) is 38.4 Å². The Morgan fingerprint density at radius 2 is 1.63 bits per heavy atom. The van der Waals surface area contributed by atoms with Crippen LogP contribution in [0.25, 0.3) is 0 Å². The van der Waals surface area contributed by atoms with Crippen LogP contribution in [-0.2, 0) is 20.8 Å². The van der Waals surface area contributed by atoms with E-state index in [4.69, 9.17) is 0 Å². The van der Waals surface area contributed by atoms with Crippen molar-refractivity contribution in [3.8, 4) is 0 Å². The maximum atomic E-state index is 12.7. The van der Waals surface area contributed by atoms with Crippen molar-refractivity contribution in [1.29, 1.82) is 0 Å². The molecule has 0 fully saturated rings. The van der Waals surface area contributed by atoms with Gasteiger partial charge in [-0.15, -0.1) is 0 Å². The quantitative estimate of drug-likeness (QED) is 0.392. The first kappa shape index (κ1) is 22.8. The Hall–Kier alpha value is -2.25. The van der Waals surface area contributed by atoms with Crippen LogP contribution in [0.15, 0.2) is 30.3 Å². The zero-order chi connectivity index (χ0) is 20.2. The molecule has 0 saturated heterocycles. The molecule has 150 valence electrons. The zero-order valence-electron chi connectivity index (χ0n) is 16.6. The summed E-state index contributed by atoms with van der Waals surface area (Å²) >= 11 is 0. The molecule has 0 aliphatic heterocycles. The summed E-state index contributed by atoms with van der Waals surface area (Å²) in [6.07, 6.45) is 1.81. The Balaban J connectivity index is 2.73. The van der Waals surface area contributed by atoms with Gasteiger partial charge < -0.3 is 26.1 Å². The summed E-state index contributed by atoms with van der Waals surface area (Å²) in [5.41, 5.74) is 1.03. The predicted molar refractivity (Wildman–Crippen MR) is 106 cm³/mol. The number of hydrogen-bond donors (Lipinski definition) is 4. The summed E-state index contributed by atoms with van der Waals surface area (Å²) in [5.74, 6) is -0.356. The fourth-order valence-electron chi connectivity index (χ4n) is 2.80. The van der Waals surface area contributed by atoms with Crippen LogP contribution in [-0.4, -0.2) is 56.9 Å². The fraction of sp³-hybridized carbons (Fsp3) is 0.550. The molecule has 1 aromatic rings. The molecular formula is C20H32N4O3. The first-order chi connectivity index (χ1) is 12.9. The van der Waals surface area contributed by atoms with Crippen LogP contribution >= 0.6 is 0 Å². The topological polar surface area (TPSA) is 99.3 Å². The van der Waals surface area contributed by atoms with Crippen LogP contribution in [0.3, 0.4) is 0 Å². The second-order valence-electron chi connectivity index (χ2n) is 7.03. The number of carbonyl (C=O) groups excluding carboxylic acids is 3. The average Bonchev–Trinajstić information content (AvgIpc) is 2.65. The Bertz CT molecular complexity index is 592. The van der Waals surface area contributed by atoms with Crippen molar-refractivity contribution in [2.75, 3.05) is 20.6 Å². The van der Waals surface area contributed by atoms with Crippen molar-refractivity contribution in [1.82, 2.24) is 21.3 Å². The normalized spacial score (nSPS) is 14.3. The number of likely N-dealkylation sites (N-methyl/N-ethyl adjacent to an activating group) is 2. The first-order valence-corrected chi connectivity index (χ1v) is 9.33. The van der Waals surface area contributed by atoms with E-state index in [-0.39, 0.29) is 24.3 Å². The van der Waals surface area contributed by atoms with Gasteiger partial charge in [0, 0.05) is 6.54 Å². The summed E-state index contributed by atoms with van der Waals surface area (Å²) in [6, 6.07) is 7.90. The van der Waals surface area contributed by atoms with Crippen LogP contribution in [0.4, 0.5) is 0 Å². The molecule has 27 heavy (non-hydrogen) atoms. The van der Waals surface area contributed by atoms with E-state index >= 15 is 0 Å². The second kappa shape index (κ2) is 12.2. The van der Waals surface area contributed by atoms with Gasteiger partial charge in [-0.2, -0.15) is 0 Å². The SMILES string of the molecule is CNCC(NC(=O)C(Cc1ccccc1)NC)C(=O)NC(C=O)CC(C)C. The van der Waals surface area contributed by atoms with Gasteiger partial charge in [0.25, 0.3) is 0 Å². The predicted octanol–water partition coefficient (Wildman–Crippen LogP) is 0.251. The lowest BCUT2D eigenvalue weighted by Crippen LogP contribution is -2.57. The average molecular weight is 377 g/mol. The Morgan fingerprint density at radius 1 is 1.00 bits per heavy atom. The van der Waals surface area contributed by atoms with E-state index in [1.165, 1.54) is 0 Å². The lowest BCUT2D eigenvalue weighted by atomic mass is 10.0. The Kier molecular flexibility index (Phi) is 10.3. The van der Waals surface area contributed by atoms with Gasteiger partial charge >= 0.3 is 0 Å². The van der Waals surface area contributed by atoms with E-state index in [9.17, 15) is 14.4 Å². The molecule has 7 nitrogen and oxygen atoms in total. The van der Waals surface area contributed by atoms with E-state index in [0.29, 0.717) is 12.8 Å². The number of carbonyl (C=O) groups is 3. The number of rotatable bonds is 12. The fourth-order valence-corrected chi connectivity index (χ4v) is 2.80. The molecule has 0 saturated carbocycles. The molecule has 1 rings (SSSR count). The molecule has 7 heteroatoms. The van der Waals surface area contributed by atoms with Gasteiger partial charge in [-0.3, -0.25) is 9.59 Å². The molecule has 0 aliphatic rings. The lowest BCUT2D eigenvalue weighted by molar-refractivity contribution is -0.130. The molecule has 0 aromatic heterocycles. The molecule has 4 N–H and O–H groups in total. The summed E-state index contributed by atoms with van der Waals surface area (Å²) in [5, 5.41) is 11.4. The Labute approximate surface area is 161 Å². The smallest absolute Gasteiger partial charge is 0.244 e. The number of aldehydes is 1. The van der Waals surface area contributed by atoms with Gasteiger partial charge in [-0.1, -0.05) is 44.2 Å². The molecule has 0 bridgehead atoms. The van der Waals surface area contributed by atoms with Crippen LogP contribution in [0.1, 0.15) is 25.8 Å². The minimum atomic E-state index is -0.760. The largest absolute Gasteiger partial charge is 0.345 e. The highest BCUT2D eigenvalue weighted by molar-refractivity contribution is 5.91. The number of benzene rings is 1. The minimum absolute atomic E-state index is 0.261. The lowest BCUT2D eigenvalue weighted by Gasteiger charge is -2.24. The molecule has 2 amide bonds. The zero-order valence-corrected chi connectivity index (χ0v) is 16.6. The van der Waals surface area contributed by atoms with Crippen molar-refractivity contribution in [3.63, 3.8) is 0 Å². The molecule has 3 atom stereocenters. The third-order valence-electron chi connectivity index (χ3n) is 4.21. The highest BCUT2D eigenvalue weighted by atomic mass is 16.2. The number of hydrogen-bond acceptors (Lipinski definition) is 5. The van der Waals surface area contributed by atoms with Crippen LogP contribution < -0.4 is 21.3 Å². The van der Waals surface area contributed by atoms with E-state index in [1.807, 2.05) is 44.2 Å². The number of amides is 2. The summed E-state index contributed by atoms with van der Waals surface area (Å²) < 4.78 is 0.